The highest BCUT2D eigenvalue weighted by Gasteiger charge is 2.14. The van der Waals surface area contributed by atoms with E-state index in [4.69, 9.17) is 15.7 Å². The van der Waals surface area contributed by atoms with Crippen LogP contribution in [0.25, 0.3) is 0 Å². The molecule has 7 nitrogen and oxygen atoms in total. The van der Waals surface area contributed by atoms with Gasteiger partial charge in [-0.25, -0.2) is 0 Å². The maximum absolute atomic E-state index is 11.7. The summed E-state index contributed by atoms with van der Waals surface area (Å²) in [7, 11) is 4.95. The molecule has 0 aliphatic heterocycles. The number of nitrogens with zero attached hydrogens (tertiary/aromatic N) is 2. The first kappa shape index (κ1) is 16.8. The van der Waals surface area contributed by atoms with E-state index < -0.39 is 0 Å². The van der Waals surface area contributed by atoms with Crippen LogP contribution in [0.3, 0.4) is 0 Å². The van der Waals surface area contributed by atoms with E-state index in [9.17, 15) is 4.79 Å². The number of benzene rings is 1. The first-order chi connectivity index (χ1) is 9.90. The first-order valence-corrected chi connectivity index (χ1v) is 6.50. The van der Waals surface area contributed by atoms with E-state index in [1.807, 2.05) is 13.0 Å². The van der Waals surface area contributed by atoms with Gasteiger partial charge in [0.25, 0.3) is 0 Å². The van der Waals surface area contributed by atoms with Crippen LogP contribution >= 0.6 is 0 Å². The zero-order valence-corrected chi connectivity index (χ0v) is 12.8. The molecule has 1 aromatic carbocycles. The van der Waals surface area contributed by atoms with E-state index in [1.165, 1.54) is 7.11 Å². The van der Waals surface area contributed by atoms with Crippen LogP contribution in [0.1, 0.15) is 18.1 Å². The predicted molar refractivity (Wildman–Crippen MR) is 80.5 cm³/mol. The van der Waals surface area contributed by atoms with Crippen LogP contribution in [-0.2, 0) is 11.3 Å². The van der Waals surface area contributed by atoms with Crippen molar-refractivity contribution in [2.24, 2.45) is 10.9 Å². The minimum Gasteiger partial charge on any atom is -0.496 e. The number of nitrogens with two attached hydrogens (primary N) is 1. The Kier molecular flexibility index (Phi) is 5.98. The number of hydrogen-bond acceptors (Lipinski definition) is 5. The van der Waals surface area contributed by atoms with Crippen LogP contribution in [-0.4, -0.2) is 49.1 Å². The van der Waals surface area contributed by atoms with Crippen LogP contribution in [0.5, 0.6) is 5.75 Å². The highest BCUT2D eigenvalue weighted by molar-refractivity contribution is 5.99. The fourth-order valence-electron chi connectivity index (χ4n) is 1.86. The molecule has 0 aliphatic carbocycles. The number of nitrogens with one attached hydrogen (secondary N) is 1. The number of likely N-dealkylation sites (N-methyl/N-ethyl adjacent to an activating group) is 1. The van der Waals surface area contributed by atoms with E-state index in [0.29, 0.717) is 17.9 Å². The minimum absolute atomic E-state index is 0.00948. The summed E-state index contributed by atoms with van der Waals surface area (Å²) in [6.45, 7) is 2.32. The van der Waals surface area contributed by atoms with E-state index in [1.54, 1.807) is 31.1 Å². The van der Waals surface area contributed by atoms with Gasteiger partial charge in [-0.05, 0) is 24.6 Å². The van der Waals surface area contributed by atoms with Crippen molar-refractivity contribution in [3.63, 3.8) is 0 Å². The standard InChI is InChI=1S/C14H22N4O3/c1-9(14(19)18(2)3)16-8-10-5-6-11(13(15)17-20)12(7-10)21-4/h5-7,9,16,20H,8H2,1-4H3,(H2,15,17). The molecule has 0 saturated carbocycles. The van der Waals surface area contributed by atoms with Crippen LogP contribution in [0.2, 0.25) is 0 Å². The Morgan fingerprint density at radius 1 is 1.52 bits per heavy atom. The van der Waals surface area contributed by atoms with Gasteiger partial charge in [0.15, 0.2) is 5.84 Å². The van der Waals surface area contributed by atoms with Gasteiger partial charge in [0.1, 0.15) is 5.75 Å². The second-order valence-corrected chi connectivity index (χ2v) is 4.86. The van der Waals surface area contributed by atoms with Gasteiger partial charge < -0.3 is 25.9 Å². The molecule has 1 aromatic rings. The van der Waals surface area contributed by atoms with Crippen LogP contribution in [0.15, 0.2) is 23.4 Å². The van der Waals surface area contributed by atoms with Gasteiger partial charge in [-0.2, -0.15) is 0 Å². The van der Waals surface area contributed by atoms with E-state index in [2.05, 4.69) is 10.5 Å². The minimum atomic E-state index is -0.283. The molecule has 0 saturated heterocycles. The number of carbonyl (C=O) groups excluding carboxylic acids is 1. The molecule has 1 unspecified atom stereocenters. The number of ether oxygens (including phenoxy) is 1. The molecular formula is C14H22N4O3. The number of oxime groups is 1. The van der Waals surface area contributed by atoms with Crippen molar-refractivity contribution in [1.82, 2.24) is 10.2 Å². The van der Waals surface area contributed by atoms with Gasteiger partial charge in [-0.3, -0.25) is 4.79 Å². The van der Waals surface area contributed by atoms with Gasteiger partial charge in [0.05, 0.1) is 18.7 Å². The zero-order chi connectivity index (χ0) is 16.0. The molecule has 21 heavy (non-hydrogen) atoms. The molecule has 0 aliphatic rings. The SMILES string of the molecule is COc1cc(CNC(C)C(=O)N(C)C)ccc1/C(N)=N/O. The summed E-state index contributed by atoms with van der Waals surface area (Å²) in [6.07, 6.45) is 0. The van der Waals surface area contributed by atoms with Crippen LogP contribution in [0, 0.1) is 0 Å². The molecule has 7 heteroatoms. The second kappa shape index (κ2) is 7.49. The number of methoxy groups -OCH3 is 1. The van der Waals surface area contributed by atoms with Crippen molar-refractivity contribution in [3.05, 3.63) is 29.3 Å². The van der Waals surface area contributed by atoms with Crippen LogP contribution in [0.4, 0.5) is 0 Å². The molecule has 0 spiro atoms. The second-order valence-electron chi connectivity index (χ2n) is 4.86. The van der Waals surface area contributed by atoms with E-state index in [0.717, 1.165) is 5.56 Å². The lowest BCUT2D eigenvalue weighted by Gasteiger charge is -2.18. The van der Waals surface area contributed by atoms with E-state index >= 15 is 0 Å². The fourth-order valence-corrected chi connectivity index (χ4v) is 1.86. The summed E-state index contributed by atoms with van der Waals surface area (Å²) < 4.78 is 5.23. The lowest BCUT2D eigenvalue weighted by Crippen LogP contribution is -2.41. The number of amidine groups is 1. The molecule has 0 radical (unpaired) electrons. The Morgan fingerprint density at radius 3 is 2.71 bits per heavy atom. The highest BCUT2D eigenvalue weighted by Crippen LogP contribution is 2.20. The summed E-state index contributed by atoms with van der Waals surface area (Å²) in [6, 6.07) is 5.04. The van der Waals surface area contributed by atoms with Gasteiger partial charge in [0.2, 0.25) is 5.91 Å². The summed E-state index contributed by atoms with van der Waals surface area (Å²) in [4.78, 5) is 13.3. The number of carbonyl (C=O) groups is 1. The monoisotopic (exact) mass is 294 g/mol. The summed E-state index contributed by atoms with van der Waals surface area (Å²) in [5, 5.41) is 14.8. The number of rotatable bonds is 6. The third-order valence-corrected chi connectivity index (χ3v) is 3.07. The maximum atomic E-state index is 11.7. The van der Waals surface area contributed by atoms with Crippen molar-refractivity contribution >= 4 is 11.7 Å². The largest absolute Gasteiger partial charge is 0.496 e. The first-order valence-electron chi connectivity index (χ1n) is 6.50. The summed E-state index contributed by atoms with van der Waals surface area (Å²) in [5.41, 5.74) is 7.02. The Bertz CT molecular complexity index is 529. The smallest absolute Gasteiger partial charge is 0.238 e. The molecular weight excluding hydrogens is 272 g/mol. The molecule has 1 atom stereocenters. The quantitative estimate of drug-likeness (QED) is 0.304. The molecule has 0 aromatic heterocycles. The topological polar surface area (TPSA) is 100 Å². The summed E-state index contributed by atoms with van der Waals surface area (Å²) in [5.74, 6) is 0.508. The average Bonchev–Trinajstić information content (AvgIpc) is 2.50. The van der Waals surface area contributed by atoms with Crippen molar-refractivity contribution in [2.45, 2.75) is 19.5 Å². The molecule has 1 amide bonds. The fraction of sp³-hybridized carbons (Fsp3) is 0.429. The zero-order valence-electron chi connectivity index (χ0n) is 12.8. The average molecular weight is 294 g/mol. The summed E-state index contributed by atoms with van der Waals surface area (Å²) >= 11 is 0. The third kappa shape index (κ3) is 4.35. The Morgan fingerprint density at radius 2 is 2.19 bits per heavy atom. The molecule has 116 valence electrons. The van der Waals surface area contributed by atoms with Gasteiger partial charge in [-0.15, -0.1) is 0 Å². The predicted octanol–water partition coefficient (Wildman–Crippen LogP) is 0.356. The van der Waals surface area contributed by atoms with E-state index in [-0.39, 0.29) is 17.8 Å². The third-order valence-electron chi connectivity index (χ3n) is 3.07. The molecule has 0 heterocycles. The highest BCUT2D eigenvalue weighted by atomic mass is 16.5. The Labute approximate surface area is 124 Å². The lowest BCUT2D eigenvalue weighted by atomic mass is 10.1. The van der Waals surface area contributed by atoms with Gasteiger partial charge in [0, 0.05) is 20.6 Å². The number of amides is 1. The van der Waals surface area contributed by atoms with Crippen LogP contribution < -0.4 is 15.8 Å². The van der Waals surface area contributed by atoms with Crippen molar-refractivity contribution in [2.75, 3.05) is 21.2 Å². The Hall–Kier alpha value is -2.28. The van der Waals surface area contributed by atoms with Crippen molar-refractivity contribution in [1.29, 1.82) is 0 Å². The molecule has 1 rings (SSSR count). The van der Waals surface area contributed by atoms with Crippen molar-refractivity contribution in [3.8, 4) is 5.75 Å². The molecule has 4 N–H and O–H groups in total. The molecule has 0 fully saturated rings. The molecule has 0 bridgehead atoms. The lowest BCUT2D eigenvalue weighted by molar-refractivity contribution is -0.130. The van der Waals surface area contributed by atoms with Gasteiger partial charge >= 0.3 is 0 Å². The number of hydrogen-bond donors (Lipinski definition) is 3. The maximum Gasteiger partial charge on any atom is 0.238 e. The Balaban J connectivity index is 2.80. The van der Waals surface area contributed by atoms with Gasteiger partial charge in [-0.1, -0.05) is 11.2 Å². The normalized spacial score (nSPS) is 12.9. The van der Waals surface area contributed by atoms with Crippen molar-refractivity contribution < 1.29 is 14.7 Å².